The zero-order chi connectivity index (χ0) is 15.7. The Hall–Kier alpha value is -1.93. The van der Waals surface area contributed by atoms with Gasteiger partial charge in [0.1, 0.15) is 5.82 Å². The van der Waals surface area contributed by atoms with Crippen molar-refractivity contribution in [3.63, 3.8) is 0 Å². The van der Waals surface area contributed by atoms with Gasteiger partial charge in [-0.25, -0.2) is 4.39 Å². The lowest BCUT2D eigenvalue weighted by Gasteiger charge is -2.20. The Kier molecular flexibility index (Phi) is 4.12. The van der Waals surface area contributed by atoms with Crippen molar-refractivity contribution in [2.24, 2.45) is 0 Å². The van der Waals surface area contributed by atoms with Crippen LogP contribution in [0.15, 0.2) is 49.0 Å². The van der Waals surface area contributed by atoms with E-state index in [9.17, 15) is 4.39 Å². The van der Waals surface area contributed by atoms with Crippen molar-refractivity contribution in [1.82, 2.24) is 4.90 Å². The number of nitrogens with zero attached hydrogens (tertiary/aromatic N) is 1. The van der Waals surface area contributed by atoms with Gasteiger partial charge in [0.05, 0.1) is 0 Å². The average molecular weight is 295 g/mol. The summed E-state index contributed by atoms with van der Waals surface area (Å²) in [6, 6.07) is 13.6. The Morgan fingerprint density at radius 1 is 1.14 bits per heavy atom. The highest BCUT2D eigenvalue weighted by atomic mass is 19.1. The van der Waals surface area contributed by atoms with Gasteiger partial charge in [0.25, 0.3) is 0 Å². The van der Waals surface area contributed by atoms with Gasteiger partial charge < -0.3 is 4.90 Å². The van der Waals surface area contributed by atoms with Crippen molar-refractivity contribution in [3.8, 4) is 0 Å². The smallest absolute Gasteiger partial charge is 0.123 e. The average Bonchev–Trinajstić information content (AvgIpc) is 2.61. The SMILES string of the molecule is C=C1c2ccc(F)cc2CC(CCN(C)C)c2ccccc21. The van der Waals surface area contributed by atoms with Gasteiger partial charge in [-0.1, -0.05) is 36.9 Å². The topological polar surface area (TPSA) is 3.24 Å². The summed E-state index contributed by atoms with van der Waals surface area (Å²) in [6.45, 7) is 5.31. The predicted molar refractivity (Wildman–Crippen MR) is 90.6 cm³/mol. The molecular weight excluding hydrogens is 273 g/mol. The molecule has 0 aliphatic heterocycles. The third-order valence-electron chi connectivity index (χ3n) is 4.51. The van der Waals surface area contributed by atoms with E-state index in [-0.39, 0.29) is 5.82 Å². The summed E-state index contributed by atoms with van der Waals surface area (Å²) in [5.74, 6) is 0.238. The van der Waals surface area contributed by atoms with Gasteiger partial charge in [0, 0.05) is 0 Å². The Balaban J connectivity index is 2.08. The molecule has 1 aliphatic rings. The molecule has 2 heteroatoms. The van der Waals surface area contributed by atoms with Crippen LogP contribution >= 0.6 is 0 Å². The molecule has 0 fully saturated rings. The first-order valence-electron chi connectivity index (χ1n) is 7.78. The maximum absolute atomic E-state index is 13.7. The van der Waals surface area contributed by atoms with Crippen molar-refractivity contribution >= 4 is 5.57 Å². The first kappa shape index (κ1) is 15.0. The normalized spacial score (nSPS) is 17.1. The fraction of sp³-hybridized carbons (Fsp3) is 0.300. The number of halogens is 1. The minimum atomic E-state index is -0.163. The number of benzene rings is 2. The summed E-state index contributed by atoms with van der Waals surface area (Å²) in [6.07, 6.45) is 1.93. The van der Waals surface area contributed by atoms with E-state index >= 15 is 0 Å². The summed E-state index contributed by atoms with van der Waals surface area (Å²) < 4.78 is 13.7. The minimum Gasteiger partial charge on any atom is -0.309 e. The summed E-state index contributed by atoms with van der Waals surface area (Å²) in [5.41, 5.74) is 5.71. The molecule has 0 amide bonds. The molecule has 0 N–H and O–H groups in total. The van der Waals surface area contributed by atoms with Crippen LogP contribution in [0.1, 0.15) is 34.6 Å². The zero-order valence-electron chi connectivity index (χ0n) is 13.3. The summed E-state index contributed by atoms with van der Waals surface area (Å²) in [7, 11) is 4.18. The molecule has 2 aromatic carbocycles. The number of hydrogen-bond donors (Lipinski definition) is 0. The van der Waals surface area contributed by atoms with E-state index in [2.05, 4.69) is 49.8 Å². The lowest BCUT2D eigenvalue weighted by atomic mass is 9.88. The Labute approximate surface area is 132 Å². The molecule has 0 saturated heterocycles. The maximum atomic E-state index is 13.7. The molecule has 0 heterocycles. The molecule has 0 aromatic heterocycles. The van der Waals surface area contributed by atoms with Crippen LogP contribution in [0.5, 0.6) is 0 Å². The third kappa shape index (κ3) is 2.84. The van der Waals surface area contributed by atoms with Gasteiger partial charge in [0.15, 0.2) is 0 Å². The molecule has 114 valence electrons. The number of hydrogen-bond acceptors (Lipinski definition) is 1. The molecule has 2 aromatic rings. The van der Waals surface area contributed by atoms with Crippen molar-refractivity contribution in [1.29, 1.82) is 0 Å². The van der Waals surface area contributed by atoms with Gasteiger partial charge in [-0.15, -0.1) is 0 Å². The second kappa shape index (κ2) is 6.05. The maximum Gasteiger partial charge on any atom is 0.123 e. The van der Waals surface area contributed by atoms with Gasteiger partial charge in [-0.05, 0) is 79.4 Å². The van der Waals surface area contributed by atoms with Crippen LogP contribution in [0.2, 0.25) is 0 Å². The minimum absolute atomic E-state index is 0.163. The van der Waals surface area contributed by atoms with E-state index in [1.165, 1.54) is 17.2 Å². The van der Waals surface area contributed by atoms with Crippen molar-refractivity contribution in [2.75, 3.05) is 20.6 Å². The molecule has 22 heavy (non-hydrogen) atoms. The van der Waals surface area contributed by atoms with E-state index in [0.29, 0.717) is 5.92 Å². The lowest BCUT2D eigenvalue weighted by molar-refractivity contribution is 0.380. The summed E-state index contributed by atoms with van der Waals surface area (Å²) in [5, 5.41) is 0. The van der Waals surface area contributed by atoms with E-state index in [0.717, 1.165) is 36.1 Å². The van der Waals surface area contributed by atoms with Crippen LogP contribution in [0, 0.1) is 5.82 Å². The second-order valence-electron chi connectivity index (χ2n) is 6.36. The molecule has 1 nitrogen and oxygen atoms in total. The molecule has 3 rings (SSSR count). The Morgan fingerprint density at radius 3 is 2.68 bits per heavy atom. The van der Waals surface area contributed by atoms with E-state index < -0.39 is 0 Å². The van der Waals surface area contributed by atoms with E-state index in [4.69, 9.17) is 0 Å². The molecule has 0 saturated carbocycles. The fourth-order valence-corrected chi connectivity index (χ4v) is 3.35. The Bertz CT molecular complexity index is 703. The molecule has 0 spiro atoms. The van der Waals surface area contributed by atoms with Crippen LogP contribution in [-0.4, -0.2) is 25.5 Å². The largest absolute Gasteiger partial charge is 0.309 e. The van der Waals surface area contributed by atoms with Gasteiger partial charge in [-0.2, -0.15) is 0 Å². The predicted octanol–water partition coefficient (Wildman–Crippen LogP) is 4.48. The molecule has 1 atom stereocenters. The molecule has 0 bridgehead atoms. The fourth-order valence-electron chi connectivity index (χ4n) is 3.35. The molecule has 1 aliphatic carbocycles. The first-order chi connectivity index (χ1) is 10.6. The Morgan fingerprint density at radius 2 is 1.91 bits per heavy atom. The van der Waals surface area contributed by atoms with E-state index in [1.807, 2.05) is 6.07 Å². The highest BCUT2D eigenvalue weighted by Gasteiger charge is 2.24. The molecule has 1 unspecified atom stereocenters. The van der Waals surface area contributed by atoms with Crippen molar-refractivity contribution in [2.45, 2.75) is 18.8 Å². The van der Waals surface area contributed by atoms with Crippen LogP contribution < -0.4 is 0 Å². The molecular formula is C20H22FN. The van der Waals surface area contributed by atoms with Crippen LogP contribution in [-0.2, 0) is 6.42 Å². The number of rotatable bonds is 3. The highest BCUT2D eigenvalue weighted by molar-refractivity contribution is 5.82. The van der Waals surface area contributed by atoms with Crippen LogP contribution in [0.3, 0.4) is 0 Å². The quantitative estimate of drug-likeness (QED) is 0.807. The van der Waals surface area contributed by atoms with E-state index in [1.54, 1.807) is 6.07 Å². The standard InChI is InChI=1S/C20H22FN/c1-14-18-9-8-17(21)13-16(18)12-15(10-11-22(2)3)20-7-5-4-6-19(14)20/h4-9,13,15H,1,10-12H2,2-3H3. The summed E-state index contributed by atoms with van der Waals surface area (Å²) >= 11 is 0. The molecule has 0 radical (unpaired) electrons. The van der Waals surface area contributed by atoms with Crippen LogP contribution in [0.25, 0.3) is 5.57 Å². The van der Waals surface area contributed by atoms with Gasteiger partial charge in [-0.3, -0.25) is 0 Å². The number of fused-ring (bicyclic) bond motifs is 2. The van der Waals surface area contributed by atoms with Gasteiger partial charge >= 0.3 is 0 Å². The lowest BCUT2D eigenvalue weighted by Crippen LogP contribution is -2.17. The second-order valence-corrected chi connectivity index (χ2v) is 6.36. The monoisotopic (exact) mass is 295 g/mol. The first-order valence-corrected chi connectivity index (χ1v) is 7.78. The highest BCUT2D eigenvalue weighted by Crippen LogP contribution is 2.39. The van der Waals surface area contributed by atoms with Crippen molar-refractivity contribution < 1.29 is 4.39 Å². The zero-order valence-corrected chi connectivity index (χ0v) is 13.3. The van der Waals surface area contributed by atoms with Gasteiger partial charge in [0.2, 0.25) is 0 Å². The van der Waals surface area contributed by atoms with Crippen LogP contribution in [0.4, 0.5) is 4.39 Å². The summed E-state index contributed by atoms with van der Waals surface area (Å²) in [4.78, 5) is 2.20. The third-order valence-corrected chi connectivity index (χ3v) is 4.51. The van der Waals surface area contributed by atoms with Crippen molar-refractivity contribution in [3.05, 3.63) is 77.1 Å².